The molecule has 1 aromatic heterocycles. The summed E-state index contributed by atoms with van der Waals surface area (Å²) in [7, 11) is 1.72. The van der Waals surface area contributed by atoms with Gasteiger partial charge in [0.25, 0.3) is 0 Å². The fourth-order valence-electron chi connectivity index (χ4n) is 2.18. The molecule has 2 heterocycles. The van der Waals surface area contributed by atoms with Crippen molar-refractivity contribution < 1.29 is 9.47 Å². The van der Waals surface area contributed by atoms with Crippen LogP contribution in [0.25, 0.3) is 0 Å². The minimum atomic E-state index is 0.231. The predicted molar refractivity (Wildman–Crippen MR) is 79.4 cm³/mol. The Morgan fingerprint density at radius 2 is 2.00 bits per heavy atom. The van der Waals surface area contributed by atoms with Gasteiger partial charge in [-0.25, -0.2) is 9.97 Å². The predicted octanol–water partition coefficient (Wildman–Crippen LogP) is 1.29. The van der Waals surface area contributed by atoms with Gasteiger partial charge in [-0.1, -0.05) is 0 Å². The smallest absolute Gasteiger partial charge is 0.162 e. The molecule has 3 rings (SSSR count). The summed E-state index contributed by atoms with van der Waals surface area (Å²) >= 11 is 0. The molecule has 7 nitrogen and oxygen atoms in total. The molecule has 0 aliphatic carbocycles. The standard InChI is InChI=1S/C14H15N5O2/c1-17-14-11(13(16)18-7-19-14)12(15)8-2-3-9-10(6-8)21-5-4-20-9/h2-3,6-7,15H,4-5H2,1H3,(H3,16,17,18,19). The topological polar surface area (TPSA) is 106 Å². The summed E-state index contributed by atoms with van der Waals surface area (Å²) < 4.78 is 11.0. The molecular formula is C14H15N5O2. The number of nitrogens with one attached hydrogen (secondary N) is 2. The zero-order valence-electron chi connectivity index (χ0n) is 11.5. The minimum Gasteiger partial charge on any atom is -0.486 e. The Bertz CT molecular complexity index is 702. The van der Waals surface area contributed by atoms with Gasteiger partial charge in [0, 0.05) is 12.6 Å². The number of nitrogens with two attached hydrogens (primary N) is 1. The number of anilines is 2. The van der Waals surface area contributed by atoms with E-state index in [0.29, 0.717) is 41.7 Å². The van der Waals surface area contributed by atoms with Crippen LogP contribution in [0.5, 0.6) is 11.5 Å². The number of fused-ring (bicyclic) bond motifs is 1. The lowest BCUT2D eigenvalue weighted by Crippen LogP contribution is -2.16. The Balaban J connectivity index is 2.03. The van der Waals surface area contributed by atoms with E-state index in [-0.39, 0.29) is 11.5 Å². The van der Waals surface area contributed by atoms with Gasteiger partial charge in [-0.15, -0.1) is 0 Å². The molecule has 0 radical (unpaired) electrons. The molecule has 1 aliphatic rings. The third-order valence-electron chi connectivity index (χ3n) is 3.19. The van der Waals surface area contributed by atoms with Crippen LogP contribution in [0.2, 0.25) is 0 Å². The van der Waals surface area contributed by atoms with Gasteiger partial charge in [0.2, 0.25) is 0 Å². The highest BCUT2D eigenvalue weighted by Gasteiger charge is 2.18. The first-order valence-electron chi connectivity index (χ1n) is 6.48. The Morgan fingerprint density at radius 3 is 2.76 bits per heavy atom. The van der Waals surface area contributed by atoms with Crippen molar-refractivity contribution in [2.24, 2.45) is 0 Å². The van der Waals surface area contributed by atoms with Crippen molar-refractivity contribution in [2.45, 2.75) is 0 Å². The fraction of sp³-hybridized carbons (Fsp3) is 0.214. The summed E-state index contributed by atoms with van der Waals surface area (Å²) in [5.74, 6) is 2.09. The lowest BCUT2D eigenvalue weighted by atomic mass is 10.0. The number of aromatic nitrogens is 2. The molecular weight excluding hydrogens is 270 g/mol. The van der Waals surface area contributed by atoms with Crippen LogP contribution >= 0.6 is 0 Å². The van der Waals surface area contributed by atoms with E-state index in [2.05, 4.69) is 15.3 Å². The molecule has 0 saturated carbocycles. The third kappa shape index (κ3) is 2.33. The molecule has 0 amide bonds. The number of hydrogen-bond acceptors (Lipinski definition) is 7. The van der Waals surface area contributed by atoms with E-state index in [9.17, 15) is 0 Å². The first-order valence-corrected chi connectivity index (χ1v) is 6.48. The summed E-state index contributed by atoms with van der Waals surface area (Å²) in [5.41, 5.74) is 7.25. The number of hydrogen-bond donors (Lipinski definition) is 3. The zero-order chi connectivity index (χ0) is 14.8. The summed E-state index contributed by atoms with van der Waals surface area (Å²) in [4.78, 5) is 8.04. The molecule has 0 spiro atoms. The minimum absolute atomic E-state index is 0.231. The van der Waals surface area contributed by atoms with Crippen LogP contribution in [0.4, 0.5) is 11.6 Å². The van der Waals surface area contributed by atoms with Crippen LogP contribution < -0.4 is 20.5 Å². The second-order valence-corrected chi connectivity index (χ2v) is 4.47. The van der Waals surface area contributed by atoms with E-state index in [1.807, 2.05) is 0 Å². The summed E-state index contributed by atoms with van der Waals surface area (Å²) in [6.45, 7) is 1.04. The zero-order valence-corrected chi connectivity index (χ0v) is 11.5. The quantitative estimate of drug-likeness (QED) is 0.734. The highest BCUT2D eigenvalue weighted by Crippen LogP contribution is 2.32. The van der Waals surface area contributed by atoms with Crippen LogP contribution in [-0.4, -0.2) is 35.9 Å². The number of nitrogen functional groups attached to an aromatic ring is 1. The summed E-state index contributed by atoms with van der Waals surface area (Å²) in [6, 6.07) is 5.35. The van der Waals surface area contributed by atoms with Gasteiger partial charge in [-0.2, -0.15) is 0 Å². The number of nitrogens with zero attached hydrogens (tertiary/aromatic N) is 2. The average Bonchev–Trinajstić information content (AvgIpc) is 2.53. The van der Waals surface area contributed by atoms with Crippen molar-refractivity contribution in [3.05, 3.63) is 35.7 Å². The van der Waals surface area contributed by atoms with E-state index in [4.69, 9.17) is 20.6 Å². The highest BCUT2D eigenvalue weighted by molar-refractivity contribution is 6.16. The number of benzene rings is 1. The van der Waals surface area contributed by atoms with Crippen molar-refractivity contribution in [3.63, 3.8) is 0 Å². The molecule has 0 bridgehead atoms. The molecule has 1 aliphatic heterocycles. The second-order valence-electron chi connectivity index (χ2n) is 4.47. The maximum absolute atomic E-state index is 8.38. The molecule has 0 saturated heterocycles. The van der Waals surface area contributed by atoms with Gasteiger partial charge < -0.3 is 20.5 Å². The molecule has 1 aromatic carbocycles. The average molecular weight is 285 g/mol. The van der Waals surface area contributed by atoms with Crippen LogP contribution in [0, 0.1) is 5.41 Å². The van der Waals surface area contributed by atoms with Gasteiger partial charge in [0.15, 0.2) is 11.5 Å². The summed E-state index contributed by atoms with van der Waals surface area (Å²) in [5, 5.41) is 11.3. The van der Waals surface area contributed by atoms with Gasteiger partial charge in [-0.05, 0) is 18.2 Å². The number of ether oxygens (including phenoxy) is 2. The monoisotopic (exact) mass is 285 g/mol. The maximum Gasteiger partial charge on any atom is 0.162 e. The third-order valence-corrected chi connectivity index (χ3v) is 3.19. The van der Waals surface area contributed by atoms with Crippen LogP contribution in [0.1, 0.15) is 11.1 Å². The van der Waals surface area contributed by atoms with E-state index in [0.717, 1.165) is 0 Å². The maximum atomic E-state index is 8.38. The van der Waals surface area contributed by atoms with Crippen molar-refractivity contribution >= 4 is 17.3 Å². The Morgan fingerprint density at radius 1 is 1.24 bits per heavy atom. The molecule has 21 heavy (non-hydrogen) atoms. The van der Waals surface area contributed by atoms with Gasteiger partial charge in [0.05, 0.1) is 11.3 Å². The molecule has 0 unspecified atom stereocenters. The Kier molecular flexibility index (Phi) is 3.31. The van der Waals surface area contributed by atoms with Crippen LogP contribution in [-0.2, 0) is 0 Å². The lowest BCUT2D eigenvalue weighted by molar-refractivity contribution is 0.171. The normalized spacial score (nSPS) is 12.8. The van der Waals surface area contributed by atoms with Gasteiger partial charge in [-0.3, -0.25) is 5.41 Å². The molecule has 0 fully saturated rings. The lowest BCUT2D eigenvalue weighted by Gasteiger charge is -2.19. The summed E-state index contributed by atoms with van der Waals surface area (Å²) in [6.07, 6.45) is 1.36. The first-order chi connectivity index (χ1) is 10.2. The van der Waals surface area contributed by atoms with Crippen molar-refractivity contribution in [2.75, 3.05) is 31.3 Å². The van der Waals surface area contributed by atoms with Crippen molar-refractivity contribution in [3.8, 4) is 11.5 Å². The van der Waals surface area contributed by atoms with Gasteiger partial charge >= 0.3 is 0 Å². The van der Waals surface area contributed by atoms with E-state index < -0.39 is 0 Å². The van der Waals surface area contributed by atoms with Gasteiger partial charge in [0.1, 0.15) is 31.2 Å². The molecule has 0 atom stereocenters. The van der Waals surface area contributed by atoms with E-state index >= 15 is 0 Å². The van der Waals surface area contributed by atoms with Crippen LogP contribution in [0.3, 0.4) is 0 Å². The first kappa shape index (κ1) is 13.2. The van der Waals surface area contributed by atoms with E-state index in [1.54, 1.807) is 25.2 Å². The van der Waals surface area contributed by atoms with Crippen molar-refractivity contribution in [1.29, 1.82) is 5.41 Å². The van der Waals surface area contributed by atoms with Crippen LogP contribution in [0.15, 0.2) is 24.5 Å². The van der Waals surface area contributed by atoms with E-state index in [1.165, 1.54) is 6.33 Å². The fourth-order valence-corrected chi connectivity index (χ4v) is 2.18. The molecule has 2 aromatic rings. The number of rotatable bonds is 3. The SMILES string of the molecule is CNc1ncnc(N)c1C(=N)c1ccc2c(c1)OCCO2. The molecule has 108 valence electrons. The second kappa shape index (κ2) is 5.28. The Hall–Kier alpha value is -2.83. The highest BCUT2D eigenvalue weighted by atomic mass is 16.6. The molecule has 7 heteroatoms. The van der Waals surface area contributed by atoms with Crippen molar-refractivity contribution in [1.82, 2.24) is 9.97 Å². The molecule has 4 N–H and O–H groups in total. The Labute approximate surface area is 121 Å². The largest absolute Gasteiger partial charge is 0.486 e.